The quantitative estimate of drug-likeness (QED) is 0.849. The van der Waals surface area contributed by atoms with Gasteiger partial charge in [0.25, 0.3) is 0 Å². The van der Waals surface area contributed by atoms with Crippen molar-refractivity contribution in [3.63, 3.8) is 0 Å². The average molecular weight is 263 g/mol. The predicted molar refractivity (Wildman–Crippen MR) is 76.9 cm³/mol. The fraction of sp³-hybridized carbons (Fsp3) is 0.667. The first-order valence-corrected chi connectivity index (χ1v) is 7.21. The number of likely N-dealkylation sites (N-methyl/N-ethyl adjacent to an activating group) is 1. The fourth-order valence-corrected chi connectivity index (χ4v) is 2.60. The number of hydrogen-bond acceptors (Lipinski definition) is 4. The molecular formula is C15H25N3O. The Morgan fingerprint density at radius 2 is 2.16 bits per heavy atom. The van der Waals surface area contributed by atoms with Crippen LogP contribution in [0.25, 0.3) is 0 Å². The van der Waals surface area contributed by atoms with Gasteiger partial charge >= 0.3 is 0 Å². The smallest absolute Gasteiger partial charge is 0.0707 e. The summed E-state index contributed by atoms with van der Waals surface area (Å²) in [5.74, 6) is 0. The van der Waals surface area contributed by atoms with Gasteiger partial charge in [0.1, 0.15) is 0 Å². The molecule has 19 heavy (non-hydrogen) atoms. The minimum absolute atomic E-state index is 0.265. The van der Waals surface area contributed by atoms with Crippen LogP contribution in [-0.4, -0.2) is 41.7 Å². The Hall–Kier alpha value is -0.970. The molecule has 2 unspecified atom stereocenters. The zero-order chi connectivity index (χ0) is 13.7. The lowest BCUT2D eigenvalue weighted by Crippen LogP contribution is -2.33. The molecule has 2 rings (SSSR count). The summed E-state index contributed by atoms with van der Waals surface area (Å²) in [4.78, 5) is 6.96. The molecule has 0 aromatic carbocycles. The van der Waals surface area contributed by atoms with E-state index in [4.69, 9.17) is 10.5 Å². The largest absolute Gasteiger partial charge is 0.372 e. The number of ether oxygens (including phenoxy) is 1. The SMILES string of the molecule is CCN(Cc1cccc(C)n1)CC1CCC(CN)O1. The molecule has 106 valence electrons. The highest BCUT2D eigenvalue weighted by Crippen LogP contribution is 2.20. The highest BCUT2D eigenvalue weighted by Gasteiger charge is 2.25. The van der Waals surface area contributed by atoms with E-state index in [1.807, 2.05) is 13.0 Å². The van der Waals surface area contributed by atoms with Crippen molar-refractivity contribution in [2.75, 3.05) is 19.6 Å². The van der Waals surface area contributed by atoms with Crippen molar-refractivity contribution in [3.8, 4) is 0 Å². The zero-order valence-electron chi connectivity index (χ0n) is 12.0. The number of rotatable bonds is 6. The second-order valence-corrected chi connectivity index (χ2v) is 5.29. The Bertz CT molecular complexity index is 397. The molecule has 0 radical (unpaired) electrons. The third kappa shape index (κ3) is 4.27. The maximum atomic E-state index is 5.92. The second-order valence-electron chi connectivity index (χ2n) is 5.29. The van der Waals surface area contributed by atoms with Gasteiger partial charge in [0.15, 0.2) is 0 Å². The summed E-state index contributed by atoms with van der Waals surface area (Å²) >= 11 is 0. The van der Waals surface area contributed by atoms with Gasteiger partial charge in [-0.15, -0.1) is 0 Å². The molecule has 2 atom stereocenters. The van der Waals surface area contributed by atoms with Gasteiger partial charge in [0.05, 0.1) is 17.9 Å². The molecule has 1 fully saturated rings. The summed E-state index contributed by atoms with van der Waals surface area (Å²) in [6.45, 7) is 7.75. The van der Waals surface area contributed by atoms with Crippen molar-refractivity contribution >= 4 is 0 Å². The van der Waals surface area contributed by atoms with Crippen molar-refractivity contribution in [2.24, 2.45) is 5.73 Å². The van der Waals surface area contributed by atoms with Crippen LogP contribution in [0.15, 0.2) is 18.2 Å². The van der Waals surface area contributed by atoms with E-state index in [1.54, 1.807) is 0 Å². The third-order valence-corrected chi connectivity index (χ3v) is 3.70. The number of nitrogens with zero attached hydrogens (tertiary/aromatic N) is 2. The van der Waals surface area contributed by atoms with Gasteiger partial charge in [-0.05, 0) is 38.4 Å². The van der Waals surface area contributed by atoms with Crippen molar-refractivity contribution < 1.29 is 4.74 Å². The molecule has 0 saturated carbocycles. The van der Waals surface area contributed by atoms with E-state index in [1.165, 1.54) is 0 Å². The van der Waals surface area contributed by atoms with Crippen molar-refractivity contribution in [2.45, 2.75) is 45.4 Å². The van der Waals surface area contributed by atoms with Crippen molar-refractivity contribution in [3.05, 3.63) is 29.6 Å². The van der Waals surface area contributed by atoms with E-state index in [-0.39, 0.29) is 6.10 Å². The predicted octanol–water partition coefficient (Wildman–Crippen LogP) is 1.72. The highest BCUT2D eigenvalue weighted by atomic mass is 16.5. The molecule has 4 nitrogen and oxygen atoms in total. The van der Waals surface area contributed by atoms with Crippen LogP contribution in [-0.2, 0) is 11.3 Å². The zero-order valence-corrected chi connectivity index (χ0v) is 12.0. The summed E-state index contributed by atoms with van der Waals surface area (Å²) in [5.41, 5.74) is 7.86. The molecule has 0 aliphatic carbocycles. The number of aromatic nitrogens is 1. The molecule has 1 aliphatic rings. The Kier molecular flexibility index (Phi) is 5.31. The van der Waals surface area contributed by atoms with Crippen LogP contribution >= 0.6 is 0 Å². The Morgan fingerprint density at radius 3 is 2.79 bits per heavy atom. The van der Waals surface area contributed by atoms with E-state index >= 15 is 0 Å². The van der Waals surface area contributed by atoms with Crippen LogP contribution in [0.4, 0.5) is 0 Å². The Morgan fingerprint density at radius 1 is 1.37 bits per heavy atom. The van der Waals surface area contributed by atoms with E-state index in [2.05, 4.69) is 28.9 Å². The molecule has 0 spiro atoms. The van der Waals surface area contributed by atoms with Gasteiger partial charge < -0.3 is 10.5 Å². The summed E-state index contributed by atoms with van der Waals surface area (Å²) in [6, 6.07) is 6.20. The second kappa shape index (κ2) is 6.98. The lowest BCUT2D eigenvalue weighted by molar-refractivity contribution is 0.0263. The molecule has 1 aliphatic heterocycles. The van der Waals surface area contributed by atoms with E-state index in [0.29, 0.717) is 12.6 Å². The summed E-state index contributed by atoms with van der Waals surface area (Å²) < 4.78 is 5.92. The number of aryl methyl sites for hydroxylation is 1. The van der Waals surface area contributed by atoms with Gasteiger partial charge in [0.2, 0.25) is 0 Å². The molecule has 1 saturated heterocycles. The van der Waals surface area contributed by atoms with Crippen LogP contribution in [0, 0.1) is 6.92 Å². The van der Waals surface area contributed by atoms with Gasteiger partial charge in [-0.1, -0.05) is 13.0 Å². The first-order valence-electron chi connectivity index (χ1n) is 7.21. The molecule has 2 N–H and O–H groups in total. The average Bonchev–Trinajstić information content (AvgIpc) is 2.85. The van der Waals surface area contributed by atoms with Crippen LogP contribution in [0.2, 0.25) is 0 Å². The molecule has 0 amide bonds. The van der Waals surface area contributed by atoms with Crippen molar-refractivity contribution in [1.29, 1.82) is 0 Å². The topological polar surface area (TPSA) is 51.4 Å². The normalized spacial score (nSPS) is 23.2. The van der Waals surface area contributed by atoms with Crippen LogP contribution < -0.4 is 5.73 Å². The van der Waals surface area contributed by atoms with E-state index in [0.717, 1.165) is 43.9 Å². The molecule has 1 aromatic rings. The summed E-state index contributed by atoms with van der Waals surface area (Å²) in [7, 11) is 0. The van der Waals surface area contributed by atoms with Crippen LogP contribution in [0.1, 0.15) is 31.2 Å². The summed E-state index contributed by atoms with van der Waals surface area (Å²) in [5, 5.41) is 0. The highest BCUT2D eigenvalue weighted by molar-refractivity contribution is 5.09. The van der Waals surface area contributed by atoms with E-state index in [9.17, 15) is 0 Å². The van der Waals surface area contributed by atoms with Crippen molar-refractivity contribution in [1.82, 2.24) is 9.88 Å². The fourth-order valence-electron chi connectivity index (χ4n) is 2.60. The molecule has 2 heterocycles. The number of pyridine rings is 1. The lowest BCUT2D eigenvalue weighted by Gasteiger charge is -2.24. The number of hydrogen-bond donors (Lipinski definition) is 1. The van der Waals surface area contributed by atoms with Crippen LogP contribution in [0.3, 0.4) is 0 Å². The Labute approximate surface area is 116 Å². The van der Waals surface area contributed by atoms with Gasteiger partial charge in [-0.25, -0.2) is 0 Å². The summed E-state index contributed by atoms with van der Waals surface area (Å²) in [6.07, 6.45) is 2.82. The van der Waals surface area contributed by atoms with E-state index < -0.39 is 0 Å². The molecule has 0 bridgehead atoms. The molecule has 1 aromatic heterocycles. The van der Waals surface area contributed by atoms with Gasteiger partial charge in [-0.2, -0.15) is 0 Å². The maximum absolute atomic E-state index is 5.92. The first kappa shape index (κ1) is 14.4. The first-order chi connectivity index (χ1) is 9.21. The lowest BCUT2D eigenvalue weighted by atomic mass is 10.2. The molecule has 4 heteroatoms. The minimum atomic E-state index is 0.265. The van der Waals surface area contributed by atoms with Crippen LogP contribution in [0.5, 0.6) is 0 Å². The maximum Gasteiger partial charge on any atom is 0.0707 e. The minimum Gasteiger partial charge on any atom is -0.372 e. The van der Waals surface area contributed by atoms with Gasteiger partial charge in [-0.3, -0.25) is 9.88 Å². The molecular weight excluding hydrogens is 238 g/mol. The monoisotopic (exact) mass is 263 g/mol. The number of nitrogens with two attached hydrogens (primary N) is 1. The third-order valence-electron chi connectivity index (χ3n) is 3.70. The van der Waals surface area contributed by atoms with Gasteiger partial charge in [0, 0.05) is 25.3 Å². The standard InChI is InChI=1S/C15H25N3O/c1-3-18(10-13-6-4-5-12(2)17-13)11-15-8-7-14(9-16)19-15/h4-6,14-15H,3,7-11,16H2,1-2H3. The Balaban J connectivity index is 1.87.